The lowest BCUT2D eigenvalue weighted by Gasteiger charge is -2.10. The molecule has 0 saturated heterocycles. The van der Waals surface area contributed by atoms with E-state index in [0.29, 0.717) is 39.5 Å². The molecule has 0 aliphatic rings. The van der Waals surface area contributed by atoms with Crippen molar-refractivity contribution in [3.05, 3.63) is 77.0 Å². The van der Waals surface area contributed by atoms with E-state index in [2.05, 4.69) is 20.4 Å². The van der Waals surface area contributed by atoms with E-state index in [1.54, 1.807) is 48.5 Å². The Kier molecular flexibility index (Phi) is 6.13. The zero-order chi connectivity index (χ0) is 23.2. The monoisotopic (exact) mass is 442 g/mol. The molecule has 0 fully saturated rings. The summed E-state index contributed by atoms with van der Waals surface area (Å²) < 4.78 is 12.1. The number of carbonyl (C=O) groups is 1. The number of H-pyrrole nitrogens is 1. The van der Waals surface area contributed by atoms with E-state index in [1.165, 1.54) is 30.4 Å². The molecule has 4 aromatic rings. The number of nitrogens with one attached hydrogen (secondary N) is 2. The number of anilines is 1. The lowest BCUT2D eigenvalue weighted by Crippen LogP contribution is -2.12. The molecular weight excluding hydrogens is 424 g/mol. The van der Waals surface area contributed by atoms with Crippen molar-refractivity contribution < 1.29 is 14.3 Å². The molecule has 0 unspecified atom stereocenters. The standard InChI is InChI=1S/C23H18N6O4/c1-32-20-12-15(6-8-19(20)33-11-10-24)7-9-21(30)28-17-4-2-3-5-18(17)29-22-16(13-27-29)23(31)26-14-25-22/h2-9,12-14H,11H2,1H3,(H,28,30)(H,25,26,31)/b9-7+. The maximum atomic E-state index is 12.6. The van der Waals surface area contributed by atoms with Gasteiger partial charge in [0.05, 0.1) is 31.0 Å². The Balaban J connectivity index is 1.55. The van der Waals surface area contributed by atoms with Crippen LogP contribution >= 0.6 is 0 Å². The maximum Gasteiger partial charge on any atom is 0.261 e. The third-order valence-corrected chi connectivity index (χ3v) is 4.67. The van der Waals surface area contributed by atoms with Crippen LogP contribution in [0.1, 0.15) is 5.56 Å². The van der Waals surface area contributed by atoms with Gasteiger partial charge in [0.25, 0.3) is 5.56 Å². The first kappa shape index (κ1) is 21.3. The Hall–Kier alpha value is -4.91. The summed E-state index contributed by atoms with van der Waals surface area (Å²) in [5.41, 5.74) is 1.85. The zero-order valence-electron chi connectivity index (χ0n) is 17.5. The summed E-state index contributed by atoms with van der Waals surface area (Å²) in [5, 5.41) is 16.1. The van der Waals surface area contributed by atoms with Crippen molar-refractivity contribution in [3.63, 3.8) is 0 Å². The lowest BCUT2D eigenvalue weighted by atomic mass is 10.2. The number of aromatic nitrogens is 4. The largest absolute Gasteiger partial charge is 0.493 e. The van der Waals surface area contributed by atoms with Gasteiger partial charge in [0.1, 0.15) is 11.5 Å². The second-order valence-electron chi connectivity index (χ2n) is 6.72. The average molecular weight is 442 g/mol. The number of fused-ring (bicyclic) bond motifs is 1. The third kappa shape index (κ3) is 4.57. The molecule has 10 heteroatoms. The molecule has 164 valence electrons. The number of benzene rings is 2. The highest BCUT2D eigenvalue weighted by atomic mass is 16.5. The number of rotatable bonds is 7. The van der Waals surface area contributed by atoms with Gasteiger partial charge in [-0.2, -0.15) is 10.4 Å². The van der Waals surface area contributed by atoms with Gasteiger partial charge in [-0.05, 0) is 35.9 Å². The molecule has 2 heterocycles. The van der Waals surface area contributed by atoms with Crippen molar-refractivity contribution >= 4 is 28.7 Å². The van der Waals surface area contributed by atoms with E-state index in [9.17, 15) is 9.59 Å². The minimum atomic E-state index is -0.367. The number of methoxy groups -OCH3 is 1. The molecule has 0 radical (unpaired) electrons. The summed E-state index contributed by atoms with van der Waals surface area (Å²) in [6, 6.07) is 14.1. The first-order valence-corrected chi connectivity index (χ1v) is 9.78. The van der Waals surface area contributed by atoms with Crippen LogP contribution in [0.3, 0.4) is 0 Å². The molecule has 2 aromatic heterocycles. The van der Waals surface area contributed by atoms with E-state index in [4.69, 9.17) is 14.7 Å². The predicted molar refractivity (Wildman–Crippen MR) is 121 cm³/mol. The highest BCUT2D eigenvalue weighted by molar-refractivity contribution is 6.03. The van der Waals surface area contributed by atoms with Gasteiger partial charge in [0.15, 0.2) is 23.8 Å². The van der Waals surface area contributed by atoms with Crippen LogP contribution in [-0.4, -0.2) is 39.4 Å². The van der Waals surface area contributed by atoms with Crippen molar-refractivity contribution in [2.45, 2.75) is 0 Å². The molecule has 0 spiro atoms. The summed E-state index contributed by atoms with van der Waals surface area (Å²) in [7, 11) is 1.49. The number of hydrogen-bond donors (Lipinski definition) is 2. The van der Waals surface area contributed by atoms with Crippen molar-refractivity contribution in [2.75, 3.05) is 19.0 Å². The van der Waals surface area contributed by atoms with Crippen LogP contribution in [0, 0.1) is 11.3 Å². The van der Waals surface area contributed by atoms with Crippen LogP contribution in [0.25, 0.3) is 22.8 Å². The van der Waals surface area contributed by atoms with Gasteiger partial charge in [-0.1, -0.05) is 18.2 Å². The van der Waals surface area contributed by atoms with Crippen LogP contribution in [0.2, 0.25) is 0 Å². The van der Waals surface area contributed by atoms with Crippen LogP contribution in [0.15, 0.2) is 65.9 Å². The minimum Gasteiger partial charge on any atom is -0.493 e. The van der Waals surface area contributed by atoms with E-state index < -0.39 is 0 Å². The summed E-state index contributed by atoms with van der Waals surface area (Å²) in [4.78, 5) is 31.3. The highest BCUT2D eigenvalue weighted by Gasteiger charge is 2.13. The molecule has 2 N–H and O–H groups in total. The zero-order valence-corrected chi connectivity index (χ0v) is 17.5. The molecule has 1 amide bonds. The Morgan fingerprint density at radius 1 is 1.27 bits per heavy atom. The molecule has 0 atom stereocenters. The number of carbonyl (C=O) groups excluding carboxylic acids is 1. The quantitative estimate of drug-likeness (QED) is 0.420. The minimum absolute atomic E-state index is 0.0944. The van der Waals surface area contributed by atoms with Crippen LogP contribution in [-0.2, 0) is 4.79 Å². The average Bonchev–Trinajstić information content (AvgIpc) is 3.27. The topological polar surface area (TPSA) is 135 Å². The Bertz CT molecular complexity index is 1450. The van der Waals surface area contributed by atoms with Crippen molar-refractivity contribution in [1.82, 2.24) is 19.7 Å². The number of amides is 1. The molecule has 33 heavy (non-hydrogen) atoms. The second-order valence-corrected chi connectivity index (χ2v) is 6.72. The molecule has 4 rings (SSSR count). The summed E-state index contributed by atoms with van der Waals surface area (Å²) >= 11 is 0. The molecule has 0 aliphatic carbocycles. The number of aromatic amines is 1. The molecule has 0 aliphatic heterocycles. The SMILES string of the molecule is COc1cc(/C=C/C(=O)Nc2ccccc2-n2ncc3c(=O)[nH]cnc32)ccc1OCC#N. The van der Waals surface area contributed by atoms with Gasteiger partial charge in [-0.25, -0.2) is 9.67 Å². The first-order chi connectivity index (χ1) is 16.1. The smallest absolute Gasteiger partial charge is 0.261 e. The number of nitriles is 1. The van der Waals surface area contributed by atoms with Crippen molar-refractivity contribution in [1.29, 1.82) is 5.26 Å². The van der Waals surface area contributed by atoms with E-state index in [-0.39, 0.29) is 18.1 Å². The van der Waals surface area contributed by atoms with Gasteiger partial charge in [0.2, 0.25) is 5.91 Å². The fourth-order valence-electron chi connectivity index (χ4n) is 3.16. The number of ether oxygens (including phenoxy) is 2. The lowest BCUT2D eigenvalue weighted by molar-refractivity contribution is -0.111. The first-order valence-electron chi connectivity index (χ1n) is 9.78. The predicted octanol–water partition coefficient (Wildman–Crippen LogP) is 2.67. The molecular formula is C23H18N6O4. The van der Waals surface area contributed by atoms with Crippen LogP contribution in [0.5, 0.6) is 11.5 Å². The van der Waals surface area contributed by atoms with Crippen molar-refractivity contribution in [3.8, 4) is 23.3 Å². The molecule has 0 bridgehead atoms. The fourth-order valence-corrected chi connectivity index (χ4v) is 3.16. The number of para-hydroxylation sites is 2. The molecule has 0 saturated carbocycles. The Labute approximate surface area is 187 Å². The summed E-state index contributed by atoms with van der Waals surface area (Å²) in [6.45, 7) is -0.0944. The maximum absolute atomic E-state index is 12.6. The van der Waals surface area contributed by atoms with Gasteiger partial charge in [-0.3, -0.25) is 9.59 Å². The van der Waals surface area contributed by atoms with Crippen molar-refractivity contribution in [2.24, 2.45) is 0 Å². The van der Waals surface area contributed by atoms with E-state index >= 15 is 0 Å². The van der Waals surface area contributed by atoms with Gasteiger partial charge < -0.3 is 19.8 Å². The van der Waals surface area contributed by atoms with E-state index in [0.717, 1.165) is 0 Å². The fraction of sp³-hybridized carbons (Fsp3) is 0.0870. The third-order valence-electron chi connectivity index (χ3n) is 4.67. The van der Waals surface area contributed by atoms with Gasteiger partial charge in [-0.15, -0.1) is 0 Å². The van der Waals surface area contributed by atoms with Crippen LogP contribution in [0.4, 0.5) is 5.69 Å². The Morgan fingerprint density at radius 3 is 2.94 bits per heavy atom. The normalized spacial score (nSPS) is 10.8. The molecule has 2 aromatic carbocycles. The summed E-state index contributed by atoms with van der Waals surface area (Å²) in [6.07, 6.45) is 5.74. The number of nitrogens with zero attached hydrogens (tertiary/aromatic N) is 4. The second kappa shape index (κ2) is 9.49. The van der Waals surface area contributed by atoms with Gasteiger partial charge >= 0.3 is 0 Å². The number of hydrogen-bond acceptors (Lipinski definition) is 7. The van der Waals surface area contributed by atoms with Crippen LogP contribution < -0.4 is 20.3 Å². The summed E-state index contributed by atoms with van der Waals surface area (Å²) in [5.74, 6) is 0.521. The molecule has 10 nitrogen and oxygen atoms in total. The van der Waals surface area contributed by atoms with Gasteiger partial charge in [0, 0.05) is 6.08 Å². The highest BCUT2D eigenvalue weighted by Crippen LogP contribution is 2.28. The van der Waals surface area contributed by atoms with E-state index in [1.807, 2.05) is 6.07 Å². The Morgan fingerprint density at radius 2 is 2.12 bits per heavy atom.